The first-order valence-corrected chi connectivity index (χ1v) is 13.8. The largest absolute Gasteiger partial charge is 0.467 e. The Labute approximate surface area is 242 Å². The number of furan rings is 1. The molecule has 1 aliphatic heterocycles. The van der Waals surface area contributed by atoms with Gasteiger partial charge >= 0.3 is 0 Å². The third-order valence-electron chi connectivity index (χ3n) is 7.06. The average molecular weight is 569 g/mol. The summed E-state index contributed by atoms with van der Waals surface area (Å²) in [5.74, 6) is -0.0652. The molecule has 0 unspecified atom stereocenters. The summed E-state index contributed by atoms with van der Waals surface area (Å²) in [5, 5.41) is 5.42. The quantitative estimate of drug-likeness (QED) is 0.265. The lowest BCUT2D eigenvalue weighted by atomic mass is 10.2. The molecule has 2 aromatic carbocycles. The summed E-state index contributed by atoms with van der Waals surface area (Å²) in [6, 6.07) is 18.0. The third kappa shape index (κ3) is 6.74. The summed E-state index contributed by atoms with van der Waals surface area (Å²) >= 11 is 0. The maximum Gasteiger partial charge on any atom is 0.258 e. The van der Waals surface area contributed by atoms with E-state index in [4.69, 9.17) is 4.42 Å². The Bertz CT molecular complexity index is 1610. The molecule has 11 heteroatoms. The fourth-order valence-corrected chi connectivity index (χ4v) is 4.85. The number of rotatable bonds is 11. The minimum absolute atomic E-state index is 0.158. The van der Waals surface area contributed by atoms with Gasteiger partial charge in [0.1, 0.15) is 5.76 Å². The lowest BCUT2D eigenvalue weighted by molar-refractivity contribution is -0.127. The number of benzene rings is 2. The van der Waals surface area contributed by atoms with Crippen LogP contribution < -0.4 is 15.5 Å². The number of imidazole rings is 1. The van der Waals surface area contributed by atoms with E-state index < -0.39 is 11.8 Å². The summed E-state index contributed by atoms with van der Waals surface area (Å²) in [6.07, 6.45) is 5.91. The number of aromatic nitrogens is 2. The van der Waals surface area contributed by atoms with Crippen molar-refractivity contribution in [2.75, 3.05) is 30.4 Å². The van der Waals surface area contributed by atoms with E-state index in [1.54, 1.807) is 42.3 Å². The zero-order valence-corrected chi connectivity index (χ0v) is 23.3. The summed E-state index contributed by atoms with van der Waals surface area (Å²) in [5.41, 5.74) is 2.57. The lowest BCUT2D eigenvalue weighted by Crippen LogP contribution is -2.26. The summed E-state index contributed by atoms with van der Waals surface area (Å²) in [6.45, 7) is 2.07. The molecule has 216 valence electrons. The molecule has 4 amide bonds. The van der Waals surface area contributed by atoms with Crippen LogP contribution in [0.5, 0.6) is 0 Å². The predicted octanol–water partition coefficient (Wildman–Crippen LogP) is 3.73. The number of aryl methyl sites for hydroxylation is 1. The van der Waals surface area contributed by atoms with Crippen molar-refractivity contribution in [3.05, 3.63) is 90.4 Å². The smallest absolute Gasteiger partial charge is 0.258 e. The molecule has 42 heavy (non-hydrogen) atoms. The fourth-order valence-electron chi connectivity index (χ4n) is 4.85. The molecule has 5 rings (SSSR count). The molecule has 0 atom stereocenters. The molecule has 0 aliphatic carbocycles. The Hall–Kier alpha value is -5.19. The van der Waals surface area contributed by atoms with Crippen molar-refractivity contribution in [1.29, 1.82) is 0 Å². The number of likely N-dealkylation sites (tertiary alicyclic amines) is 1. The first kappa shape index (κ1) is 28.3. The highest BCUT2D eigenvalue weighted by Gasteiger charge is 2.21. The maximum atomic E-state index is 13.0. The molecule has 2 N–H and O–H groups in total. The molecule has 1 aliphatic rings. The number of hydrogen-bond acceptors (Lipinski definition) is 6. The number of amides is 4. The molecule has 0 saturated carbocycles. The van der Waals surface area contributed by atoms with Crippen LogP contribution in [-0.2, 0) is 27.5 Å². The van der Waals surface area contributed by atoms with Gasteiger partial charge in [-0.3, -0.25) is 24.5 Å². The van der Waals surface area contributed by atoms with Gasteiger partial charge in [-0.1, -0.05) is 18.2 Å². The minimum Gasteiger partial charge on any atom is -0.467 e. The van der Waals surface area contributed by atoms with Crippen molar-refractivity contribution >= 4 is 46.3 Å². The van der Waals surface area contributed by atoms with Crippen LogP contribution in [0.1, 0.15) is 35.4 Å². The van der Waals surface area contributed by atoms with Gasteiger partial charge in [0, 0.05) is 56.5 Å². The first-order valence-electron chi connectivity index (χ1n) is 13.8. The van der Waals surface area contributed by atoms with E-state index in [1.807, 2.05) is 39.8 Å². The molecule has 2 aromatic heterocycles. The molecule has 0 radical (unpaired) electrons. The molecule has 11 nitrogen and oxygen atoms in total. The van der Waals surface area contributed by atoms with Crippen LogP contribution >= 0.6 is 0 Å². The molecule has 0 spiro atoms. The molecule has 3 heterocycles. The van der Waals surface area contributed by atoms with E-state index in [-0.39, 0.29) is 18.4 Å². The number of carbonyl (C=O) groups is 4. The highest BCUT2D eigenvalue weighted by molar-refractivity contribution is 6.07. The summed E-state index contributed by atoms with van der Waals surface area (Å²) in [7, 11) is 1.70. The highest BCUT2D eigenvalue weighted by atomic mass is 16.3. The first-order chi connectivity index (χ1) is 20.4. The van der Waals surface area contributed by atoms with Gasteiger partial charge in [-0.05, 0) is 55.3 Å². The van der Waals surface area contributed by atoms with Crippen LogP contribution in [-0.4, -0.2) is 58.2 Å². The van der Waals surface area contributed by atoms with Crippen molar-refractivity contribution < 1.29 is 23.6 Å². The molecule has 4 aromatic rings. The third-order valence-corrected chi connectivity index (χ3v) is 7.06. The summed E-state index contributed by atoms with van der Waals surface area (Å²) < 4.78 is 7.06. The number of carbonyl (C=O) groups excluding carboxylic acids is 4. The van der Waals surface area contributed by atoms with Crippen LogP contribution in [0.15, 0.2) is 83.5 Å². The van der Waals surface area contributed by atoms with Gasteiger partial charge in [0.25, 0.3) is 11.8 Å². The van der Waals surface area contributed by atoms with Gasteiger partial charge in [-0.2, -0.15) is 0 Å². The normalized spacial score (nSPS) is 13.2. The van der Waals surface area contributed by atoms with Crippen LogP contribution in [0.25, 0.3) is 11.0 Å². The highest BCUT2D eigenvalue weighted by Crippen LogP contribution is 2.26. The zero-order chi connectivity index (χ0) is 29.5. The Morgan fingerprint density at radius 2 is 1.83 bits per heavy atom. The van der Waals surface area contributed by atoms with Gasteiger partial charge in [0.05, 0.1) is 23.8 Å². The maximum absolute atomic E-state index is 13.0. The van der Waals surface area contributed by atoms with Gasteiger partial charge < -0.3 is 24.1 Å². The summed E-state index contributed by atoms with van der Waals surface area (Å²) in [4.78, 5) is 58.0. The van der Waals surface area contributed by atoms with E-state index in [0.717, 1.165) is 30.6 Å². The fraction of sp³-hybridized carbons (Fsp3) is 0.258. The van der Waals surface area contributed by atoms with Crippen LogP contribution in [0.4, 0.5) is 11.6 Å². The Morgan fingerprint density at radius 3 is 2.57 bits per heavy atom. The molecular weight excluding hydrogens is 536 g/mol. The number of hydrogen-bond donors (Lipinski definition) is 2. The van der Waals surface area contributed by atoms with Gasteiger partial charge in [0.15, 0.2) is 0 Å². The standard InChI is InChI=1S/C31H32N6O5/c1-35(30(41)22-8-3-2-4-9-22)23-12-13-26-25(20-23)33-31(37(26)18-7-17-36-16-5-11-29(36)40)34-28(39)15-14-27(38)32-21-24-10-6-19-42-24/h2-4,6,8-10,12-15,19-20H,5,7,11,16-18,21H2,1H3,(H,32,38)(H,33,34,39). The number of nitrogens with zero attached hydrogens (tertiary/aromatic N) is 4. The lowest BCUT2D eigenvalue weighted by Gasteiger charge is -2.18. The van der Waals surface area contributed by atoms with Crippen molar-refractivity contribution in [2.24, 2.45) is 0 Å². The second kappa shape index (κ2) is 13.0. The van der Waals surface area contributed by atoms with Crippen LogP contribution in [0.2, 0.25) is 0 Å². The van der Waals surface area contributed by atoms with E-state index in [9.17, 15) is 19.2 Å². The molecule has 0 bridgehead atoms. The van der Waals surface area contributed by atoms with Crippen molar-refractivity contribution in [2.45, 2.75) is 32.4 Å². The molecule has 1 saturated heterocycles. The average Bonchev–Trinajstić information content (AvgIpc) is 3.75. The SMILES string of the molecule is CN(C(=O)c1ccccc1)c1ccc2c(c1)nc(NC(=O)C=CC(=O)NCc1ccco1)n2CCCN1CCCC1=O. The number of nitrogens with one attached hydrogen (secondary N) is 2. The van der Waals surface area contributed by atoms with E-state index in [2.05, 4.69) is 15.6 Å². The monoisotopic (exact) mass is 568 g/mol. The molecule has 1 fully saturated rings. The van der Waals surface area contributed by atoms with E-state index >= 15 is 0 Å². The Morgan fingerprint density at radius 1 is 1.02 bits per heavy atom. The zero-order valence-electron chi connectivity index (χ0n) is 23.3. The van der Waals surface area contributed by atoms with E-state index in [0.29, 0.717) is 54.4 Å². The van der Waals surface area contributed by atoms with Gasteiger partial charge in [0.2, 0.25) is 17.8 Å². The van der Waals surface area contributed by atoms with Crippen LogP contribution in [0, 0.1) is 0 Å². The number of fused-ring (bicyclic) bond motifs is 1. The molecular formula is C31H32N6O5. The van der Waals surface area contributed by atoms with E-state index in [1.165, 1.54) is 6.26 Å². The minimum atomic E-state index is -0.522. The second-order valence-electron chi connectivity index (χ2n) is 9.95. The number of anilines is 2. The predicted molar refractivity (Wildman–Crippen MR) is 158 cm³/mol. The van der Waals surface area contributed by atoms with Gasteiger partial charge in [-0.25, -0.2) is 4.98 Å². The Kier molecular flexibility index (Phi) is 8.76. The Balaban J connectivity index is 1.33. The van der Waals surface area contributed by atoms with Crippen molar-refractivity contribution in [3.8, 4) is 0 Å². The topological polar surface area (TPSA) is 130 Å². The van der Waals surface area contributed by atoms with Crippen LogP contribution in [0.3, 0.4) is 0 Å². The van der Waals surface area contributed by atoms with Crippen molar-refractivity contribution in [3.63, 3.8) is 0 Å². The second-order valence-corrected chi connectivity index (χ2v) is 9.95. The van der Waals surface area contributed by atoms with Crippen molar-refractivity contribution in [1.82, 2.24) is 19.8 Å². The van der Waals surface area contributed by atoms with Gasteiger partial charge in [-0.15, -0.1) is 0 Å².